The molecule has 6 aromatic heterocycles. The molecule has 22 nitrogen and oxygen atoms in total. The predicted molar refractivity (Wildman–Crippen MR) is 308 cm³/mol. The minimum atomic E-state index is -3.40. The lowest BCUT2D eigenvalue weighted by Gasteiger charge is -2.23. The number of carboxylic acid groups (broad SMARTS) is 1. The number of carbonyl (C=O) groups excluding carboxylic acids is 2. The van der Waals surface area contributed by atoms with Crippen molar-refractivity contribution in [2.45, 2.75) is 173 Å². The van der Waals surface area contributed by atoms with E-state index in [-0.39, 0.29) is 30.1 Å². The third-order valence-electron chi connectivity index (χ3n) is 16.4. The van der Waals surface area contributed by atoms with Crippen LogP contribution in [0.25, 0.3) is 0 Å². The summed E-state index contributed by atoms with van der Waals surface area (Å²) in [5.41, 5.74) is 30.6. The molecule has 6 heterocycles. The number of aromatic nitrogens is 9. The highest BCUT2D eigenvalue weighted by molar-refractivity contribution is 7.89. The van der Waals surface area contributed by atoms with Gasteiger partial charge in [0.2, 0.25) is 30.1 Å². The van der Waals surface area contributed by atoms with Crippen LogP contribution in [0.4, 0.5) is 17.5 Å². The highest BCUT2D eigenvalue weighted by atomic mass is 35.5. The molecule has 436 valence electrons. The summed E-state index contributed by atoms with van der Waals surface area (Å²) in [5, 5.41) is 24.9. The lowest BCUT2D eigenvalue weighted by molar-refractivity contribution is -0.139. The van der Waals surface area contributed by atoms with Gasteiger partial charge >= 0.3 is 5.97 Å². The fraction of sp³-hybridized carbons (Fsp3) is 0.556. The topological polar surface area (TPSA) is 331 Å². The van der Waals surface area contributed by atoms with Crippen molar-refractivity contribution in [3.8, 4) is 0 Å². The average Bonchev–Trinajstić information content (AvgIpc) is 4.43. The Morgan fingerprint density at radius 2 is 0.912 bits per heavy atom. The number of nitrogens with two attached hydrogens (primary N) is 3. The molecule has 0 radical (unpaired) electrons. The molecule has 26 heteroatoms. The number of halogens is 1. The minimum Gasteiger partial charge on any atom is -0.481 e. The van der Waals surface area contributed by atoms with Crippen LogP contribution in [-0.2, 0) is 92.7 Å². The van der Waals surface area contributed by atoms with Crippen molar-refractivity contribution in [1.82, 2.24) is 41.7 Å². The first kappa shape index (κ1) is 59.9. The Morgan fingerprint density at radius 3 is 1.38 bits per heavy atom. The second-order valence-electron chi connectivity index (χ2n) is 22.1. The monoisotopic (exact) mass is 1180 g/mol. The molecule has 6 aliphatic carbocycles. The van der Waals surface area contributed by atoms with Crippen LogP contribution in [-0.4, -0.2) is 109 Å². The molecule has 0 saturated carbocycles. The third kappa shape index (κ3) is 11.7. The summed E-state index contributed by atoms with van der Waals surface area (Å²) < 4.78 is 78.9. The molecule has 80 heavy (non-hydrogen) atoms. The fourth-order valence-corrected chi connectivity index (χ4v) is 16.7. The van der Waals surface area contributed by atoms with E-state index in [9.17, 15) is 39.6 Å². The molecule has 12 rings (SSSR count). The predicted octanol–water partition coefficient (Wildman–Crippen LogP) is 6.45. The van der Waals surface area contributed by atoms with Gasteiger partial charge in [-0.3, -0.25) is 19.5 Å². The van der Waals surface area contributed by atoms with Gasteiger partial charge in [0.25, 0.3) is 11.8 Å². The van der Waals surface area contributed by atoms with Crippen molar-refractivity contribution in [2.75, 3.05) is 36.0 Å². The maximum atomic E-state index is 13.3. The van der Waals surface area contributed by atoms with Crippen LogP contribution in [0.15, 0.2) is 18.2 Å². The maximum absolute atomic E-state index is 13.3. The summed E-state index contributed by atoms with van der Waals surface area (Å²) in [5.74, 6) is -0.846. The molecule has 0 spiro atoms. The van der Waals surface area contributed by atoms with E-state index in [1.165, 1.54) is 57.9 Å². The highest BCUT2D eigenvalue weighted by Crippen LogP contribution is 2.40. The highest BCUT2D eigenvalue weighted by Gasteiger charge is 2.37. The molecule has 0 bridgehead atoms. The summed E-state index contributed by atoms with van der Waals surface area (Å²) >= 11 is 0. The standard InChI is InChI=1S/2C18H24N4O3S.C11H15NO4S.C7H11N3.ClH/c1-11-10-14-12(7-5-9-16(14)22(11)26(2,24)25)18(23)21-15-8-4-3-6-13(15)17(19)20-21;1-11-10-14-12(7-5-9-16(14)22(11)26(2,24)25)18(23)21-17(19)13-6-3-4-8-15(13)20-21;1-7-6-9-8(11(13)14)4-3-5-10(9)12(7)17(2,15)16;8-7-5-3-1-2-4-6(5)9-10-7;/h10,12H,3-9H2,1-2H3,(H2,19,20);10,12H,3-9,19H2,1-2H3;6,8H,3-5H2,1-2H3,(H,13,14);1-4H2,(H3,8,9,10);1H. The molecule has 0 amide bonds. The number of fused-ring (bicyclic) bond motifs is 6. The van der Waals surface area contributed by atoms with Gasteiger partial charge in [-0.1, -0.05) is 0 Å². The SMILES string of the molecule is Cc1cc2c(n1S(C)(=O)=O)CCCC2C(=O)O.Cc1cc2c(n1S(C)(=O)=O)CCCC2C(=O)n1nc(N)c2c1CCCC2.Cc1cc2c(n1S(C)(=O)=O)CCCC2C(=O)n1nc2c(c1N)CCCC2.Cl.Nc1n[nH]c2c1CCCC2. The Bertz CT molecular complexity index is 3730. The van der Waals surface area contributed by atoms with Crippen LogP contribution in [0.2, 0.25) is 0 Å². The van der Waals surface area contributed by atoms with Crippen LogP contribution in [0.5, 0.6) is 0 Å². The van der Waals surface area contributed by atoms with Crippen molar-refractivity contribution in [3.05, 3.63) is 103 Å². The van der Waals surface area contributed by atoms with Crippen molar-refractivity contribution in [3.63, 3.8) is 0 Å². The Morgan fingerprint density at radius 1 is 0.512 bits per heavy atom. The fourth-order valence-electron chi connectivity index (χ4n) is 13.1. The number of anilines is 3. The van der Waals surface area contributed by atoms with Gasteiger partial charge in [0.15, 0.2) is 0 Å². The number of nitrogens with zero attached hydrogens (tertiary/aromatic N) is 8. The molecular weight excluding hydrogens is 1110 g/mol. The molecule has 0 fully saturated rings. The number of H-pyrrole nitrogens is 1. The first-order chi connectivity index (χ1) is 37.3. The van der Waals surface area contributed by atoms with E-state index in [2.05, 4.69) is 20.4 Å². The first-order valence-corrected chi connectivity index (χ1v) is 32.9. The zero-order chi connectivity index (χ0) is 57.0. The molecule has 3 unspecified atom stereocenters. The molecule has 0 aliphatic heterocycles. The molecule has 6 aromatic rings. The van der Waals surface area contributed by atoms with E-state index in [1.54, 1.807) is 26.8 Å². The number of aromatic amines is 1. The number of aliphatic carboxylic acids is 1. The lowest BCUT2D eigenvalue weighted by Crippen LogP contribution is -2.27. The second kappa shape index (κ2) is 23.4. The number of rotatable bonds is 6. The number of carboxylic acids is 1. The van der Waals surface area contributed by atoms with Gasteiger partial charge in [-0.05, 0) is 190 Å². The normalized spacial score (nSPS) is 19.2. The summed E-state index contributed by atoms with van der Waals surface area (Å²) in [4.78, 5) is 37.7. The van der Waals surface area contributed by atoms with Gasteiger partial charge in [-0.2, -0.15) is 14.9 Å². The van der Waals surface area contributed by atoms with Gasteiger partial charge < -0.3 is 22.3 Å². The zero-order valence-electron chi connectivity index (χ0n) is 46.4. The summed E-state index contributed by atoms with van der Waals surface area (Å²) in [6.07, 6.45) is 22.1. The van der Waals surface area contributed by atoms with Crippen LogP contribution in [0.3, 0.4) is 0 Å². The summed E-state index contributed by atoms with van der Waals surface area (Å²) in [6, 6.07) is 5.36. The number of nitrogen functional groups attached to an aromatic ring is 3. The quantitative estimate of drug-likeness (QED) is 0.120. The van der Waals surface area contributed by atoms with E-state index in [1.807, 2.05) is 12.1 Å². The van der Waals surface area contributed by atoms with E-state index in [0.29, 0.717) is 90.7 Å². The first-order valence-electron chi connectivity index (χ1n) is 27.4. The van der Waals surface area contributed by atoms with E-state index >= 15 is 0 Å². The van der Waals surface area contributed by atoms with Crippen molar-refractivity contribution < 1.29 is 44.7 Å². The average molecular weight is 1180 g/mol. The molecular formula is C54H75ClN12O10S3. The van der Waals surface area contributed by atoms with Gasteiger partial charge in [-0.15, -0.1) is 17.5 Å². The van der Waals surface area contributed by atoms with Gasteiger partial charge in [-0.25, -0.2) is 41.9 Å². The maximum Gasteiger partial charge on any atom is 0.311 e. The van der Waals surface area contributed by atoms with Gasteiger partial charge in [0.1, 0.15) is 17.5 Å². The van der Waals surface area contributed by atoms with Gasteiger partial charge in [0, 0.05) is 56.5 Å². The Labute approximate surface area is 473 Å². The smallest absolute Gasteiger partial charge is 0.311 e. The largest absolute Gasteiger partial charge is 0.481 e. The van der Waals surface area contributed by atoms with E-state index in [4.69, 9.17) is 22.3 Å². The zero-order valence-corrected chi connectivity index (χ0v) is 49.6. The molecule has 0 saturated heterocycles. The van der Waals surface area contributed by atoms with Crippen molar-refractivity contribution in [1.29, 1.82) is 0 Å². The Balaban J connectivity index is 0.000000147. The van der Waals surface area contributed by atoms with Crippen LogP contribution in [0, 0.1) is 20.8 Å². The van der Waals surface area contributed by atoms with Crippen LogP contribution < -0.4 is 17.2 Å². The lowest BCUT2D eigenvalue weighted by atomic mass is 9.86. The van der Waals surface area contributed by atoms with Gasteiger partial charge in [0.05, 0.1) is 47.9 Å². The third-order valence-corrected chi connectivity index (χ3v) is 20.0. The molecule has 6 aliphatic rings. The van der Waals surface area contributed by atoms with Crippen LogP contribution >= 0.6 is 12.4 Å². The number of hydrogen-bond acceptors (Lipinski definition) is 15. The molecule has 0 aromatic carbocycles. The molecule has 8 N–H and O–H groups in total. The Hall–Kier alpha value is -6.18. The van der Waals surface area contributed by atoms with Crippen molar-refractivity contribution >= 4 is 77.7 Å². The number of hydrogen-bond donors (Lipinski definition) is 5. The number of aryl methyl sites for hydroxylation is 5. The minimum absolute atomic E-state index is 0. The van der Waals surface area contributed by atoms with Crippen molar-refractivity contribution in [2.24, 2.45) is 0 Å². The van der Waals surface area contributed by atoms with E-state index in [0.717, 1.165) is 128 Å². The Kier molecular flexibility index (Phi) is 17.5. The van der Waals surface area contributed by atoms with E-state index < -0.39 is 47.9 Å². The molecule has 3 atom stereocenters. The summed E-state index contributed by atoms with van der Waals surface area (Å²) in [7, 11) is -10.1. The second-order valence-corrected chi connectivity index (χ2v) is 27.6. The van der Waals surface area contributed by atoms with Crippen LogP contribution in [0.1, 0.15) is 189 Å². The number of nitrogens with one attached hydrogen (secondary N) is 1. The number of carbonyl (C=O) groups is 3. The summed E-state index contributed by atoms with van der Waals surface area (Å²) in [6.45, 7) is 5.23.